The molecule has 0 aromatic heterocycles. The van der Waals surface area contributed by atoms with Crippen molar-refractivity contribution in [3.8, 4) is 11.5 Å². The highest BCUT2D eigenvalue weighted by Gasteiger charge is 2.65. The van der Waals surface area contributed by atoms with E-state index in [1.54, 1.807) is 0 Å². The SMILES string of the molecule is COc1ccc(C(=O)O[C@H]2[C@@H]3C=CO[C@@H](O[C@@H]4O[C@H](CO)[C@@H](O)[C@H](O)[C@H]4O)[C@@H]3[C@](O)(CO)[C@@H]2Cl)cc1O. The standard InChI is InChI=1S/C23H29ClO13/c1-33-12-3-2-9(6-11(12)27)20(31)36-18-10-4-5-34-21(14(10)23(32,8-26)19(18)24)37-22-17(30)16(29)15(28)13(7-25)35-22/h2-6,10,13-19,21-22,25-30,32H,7-8H2,1H3/t10-,13-,14-,15-,16+,17-,18+,19-,21+,22+,23-/m1/s1. The molecule has 13 nitrogen and oxygen atoms in total. The number of aliphatic hydroxyl groups excluding tert-OH is 5. The number of rotatable bonds is 7. The Balaban J connectivity index is 1.57. The topological polar surface area (TPSA) is 205 Å². The first-order chi connectivity index (χ1) is 17.6. The summed E-state index contributed by atoms with van der Waals surface area (Å²) in [4.78, 5) is 12.9. The average Bonchev–Trinajstić information content (AvgIpc) is 3.11. The van der Waals surface area contributed by atoms with E-state index in [4.69, 9.17) is 35.3 Å². The van der Waals surface area contributed by atoms with Crippen molar-refractivity contribution in [2.45, 2.75) is 54.1 Å². The number of phenolic OH excluding ortho intramolecular Hbond substituents is 1. The smallest absolute Gasteiger partial charge is 0.338 e. The number of phenols is 1. The molecule has 2 fully saturated rings. The van der Waals surface area contributed by atoms with E-state index in [2.05, 4.69) is 0 Å². The lowest BCUT2D eigenvalue weighted by Gasteiger charge is -2.43. The second kappa shape index (κ2) is 10.9. The first-order valence-electron chi connectivity index (χ1n) is 11.4. The number of aliphatic hydroxyl groups is 6. The molecule has 2 heterocycles. The summed E-state index contributed by atoms with van der Waals surface area (Å²) in [5.41, 5.74) is -2.13. The van der Waals surface area contributed by atoms with E-state index in [9.17, 15) is 40.5 Å². The van der Waals surface area contributed by atoms with E-state index < -0.39 is 85.1 Å². The lowest BCUT2D eigenvalue weighted by atomic mass is 9.84. The molecule has 1 aromatic rings. The number of carbonyl (C=O) groups is 1. The van der Waals surface area contributed by atoms with Crippen LogP contribution in [0.25, 0.3) is 0 Å². The van der Waals surface area contributed by atoms with Gasteiger partial charge in [-0.2, -0.15) is 0 Å². The Hall–Kier alpha value is -2.20. The normalized spacial score (nSPS) is 41.1. The van der Waals surface area contributed by atoms with E-state index in [0.717, 1.165) is 6.07 Å². The third kappa shape index (κ3) is 4.87. The summed E-state index contributed by atoms with van der Waals surface area (Å²) in [6, 6.07) is 3.86. The second-order valence-corrected chi connectivity index (χ2v) is 9.55. The highest BCUT2D eigenvalue weighted by molar-refractivity contribution is 6.22. The zero-order valence-electron chi connectivity index (χ0n) is 19.5. The first kappa shape index (κ1) is 27.8. The average molecular weight is 549 g/mol. The molecule has 0 radical (unpaired) electrons. The number of hydrogen-bond acceptors (Lipinski definition) is 13. The minimum absolute atomic E-state index is 0.0247. The van der Waals surface area contributed by atoms with Crippen molar-refractivity contribution < 1.29 is 64.2 Å². The van der Waals surface area contributed by atoms with Crippen molar-refractivity contribution in [2.24, 2.45) is 11.8 Å². The maximum absolute atomic E-state index is 12.9. The van der Waals surface area contributed by atoms with Crippen LogP contribution in [-0.4, -0.2) is 116 Å². The van der Waals surface area contributed by atoms with Crippen LogP contribution in [-0.2, 0) is 18.9 Å². The second-order valence-electron chi connectivity index (χ2n) is 9.08. The molecule has 0 unspecified atom stereocenters. The summed E-state index contributed by atoms with van der Waals surface area (Å²) < 4.78 is 27.1. The molecular formula is C23H29ClO13. The number of fused-ring (bicyclic) bond motifs is 1. The van der Waals surface area contributed by atoms with E-state index in [0.29, 0.717) is 0 Å². The molecule has 1 saturated carbocycles. The number of esters is 1. The molecular weight excluding hydrogens is 520 g/mol. The van der Waals surface area contributed by atoms with Gasteiger partial charge >= 0.3 is 5.97 Å². The van der Waals surface area contributed by atoms with Gasteiger partial charge in [-0.15, -0.1) is 11.6 Å². The van der Waals surface area contributed by atoms with E-state index in [1.807, 2.05) is 0 Å². The molecule has 11 atom stereocenters. The van der Waals surface area contributed by atoms with Gasteiger partial charge in [0.25, 0.3) is 0 Å². The van der Waals surface area contributed by atoms with Crippen LogP contribution in [0.4, 0.5) is 0 Å². The zero-order valence-corrected chi connectivity index (χ0v) is 20.3. The highest BCUT2D eigenvalue weighted by Crippen LogP contribution is 2.50. The predicted octanol–water partition coefficient (Wildman–Crippen LogP) is -1.81. The molecule has 1 aromatic carbocycles. The van der Waals surface area contributed by atoms with Gasteiger partial charge in [-0.25, -0.2) is 4.79 Å². The molecule has 37 heavy (non-hydrogen) atoms. The Morgan fingerprint density at radius 2 is 1.86 bits per heavy atom. The Morgan fingerprint density at radius 1 is 1.14 bits per heavy atom. The third-order valence-electron chi connectivity index (χ3n) is 6.97. The van der Waals surface area contributed by atoms with Gasteiger partial charge in [0.2, 0.25) is 6.29 Å². The van der Waals surface area contributed by atoms with Crippen molar-refractivity contribution >= 4 is 17.6 Å². The highest BCUT2D eigenvalue weighted by atomic mass is 35.5. The van der Waals surface area contributed by atoms with Gasteiger partial charge in [0.15, 0.2) is 17.8 Å². The Labute approximate surface area is 216 Å². The van der Waals surface area contributed by atoms with Gasteiger partial charge in [-0.05, 0) is 24.3 Å². The molecule has 7 N–H and O–H groups in total. The number of halogens is 1. The molecule has 3 aliphatic rings. The van der Waals surface area contributed by atoms with E-state index in [-0.39, 0.29) is 17.1 Å². The van der Waals surface area contributed by atoms with E-state index >= 15 is 0 Å². The number of methoxy groups -OCH3 is 1. The fourth-order valence-electron chi connectivity index (χ4n) is 4.91. The number of carbonyl (C=O) groups excluding carboxylic acids is 1. The fraction of sp³-hybridized carbons (Fsp3) is 0.609. The zero-order chi connectivity index (χ0) is 27.1. The van der Waals surface area contributed by atoms with Gasteiger partial charge in [0.1, 0.15) is 41.5 Å². The minimum atomic E-state index is -2.11. The van der Waals surface area contributed by atoms with Gasteiger partial charge in [0, 0.05) is 5.92 Å². The maximum Gasteiger partial charge on any atom is 0.338 e. The van der Waals surface area contributed by atoms with Crippen molar-refractivity contribution in [1.82, 2.24) is 0 Å². The first-order valence-corrected chi connectivity index (χ1v) is 11.8. The van der Waals surface area contributed by atoms with Gasteiger partial charge in [0.05, 0.1) is 38.1 Å². The van der Waals surface area contributed by atoms with Crippen LogP contribution < -0.4 is 4.74 Å². The quantitative estimate of drug-likeness (QED) is 0.148. The minimum Gasteiger partial charge on any atom is -0.504 e. The van der Waals surface area contributed by atoms with Crippen LogP contribution in [0.3, 0.4) is 0 Å². The van der Waals surface area contributed by atoms with Crippen molar-refractivity contribution in [2.75, 3.05) is 20.3 Å². The van der Waals surface area contributed by atoms with Gasteiger partial charge in [-0.3, -0.25) is 0 Å². The van der Waals surface area contributed by atoms with Crippen LogP contribution in [0.1, 0.15) is 10.4 Å². The molecule has 1 saturated heterocycles. The van der Waals surface area contributed by atoms with Crippen LogP contribution in [0.5, 0.6) is 11.5 Å². The molecule has 1 aliphatic carbocycles. The monoisotopic (exact) mass is 548 g/mol. The van der Waals surface area contributed by atoms with Crippen LogP contribution in [0, 0.1) is 11.8 Å². The number of benzene rings is 1. The van der Waals surface area contributed by atoms with Crippen molar-refractivity contribution in [3.05, 3.63) is 36.1 Å². The summed E-state index contributed by atoms with van der Waals surface area (Å²) in [5.74, 6) is -3.03. The Kier molecular flexibility index (Phi) is 8.19. The van der Waals surface area contributed by atoms with E-state index in [1.165, 1.54) is 31.6 Å². The van der Waals surface area contributed by atoms with Crippen LogP contribution in [0.15, 0.2) is 30.5 Å². The number of ether oxygens (including phenoxy) is 5. The number of alkyl halides is 1. The third-order valence-corrected chi connectivity index (χ3v) is 7.60. The molecule has 0 spiro atoms. The molecule has 0 bridgehead atoms. The fourth-order valence-corrected chi connectivity index (χ4v) is 5.35. The molecule has 14 heteroatoms. The Morgan fingerprint density at radius 3 is 2.49 bits per heavy atom. The summed E-state index contributed by atoms with van der Waals surface area (Å²) in [6.07, 6.45) is -7.91. The van der Waals surface area contributed by atoms with Gasteiger partial charge < -0.3 is 59.4 Å². The number of hydrogen-bond donors (Lipinski definition) is 7. The summed E-state index contributed by atoms with van der Waals surface area (Å²) in [6.45, 7) is -1.57. The van der Waals surface area contributed by atoms with Crippen molar-refractivity contribution in [3.63, 3.8) is 0 Å². The molecule has 206 valence electrons. The lowest BCUT2D eigenvalue weighted by molar-refractivity contribution is -0.347. The largest absolute Gasteiger partial charge is 0.504 e. The van der Waals surface area contributed by atoms with Gasteiger partial charge in [-0.1, -0.05) is 0 Å². The summed E-state index contributed by atoms with van der Waals surface area (Å²) in [7, 11) is 1.35. The predicted molar refractivity (Wildman–Crippen MR) is 121 cm³/mol. The van der Waals surface area contributed by atoms with Crippen LogP contribution >= 0.6 is 11.6 Å². The van der Waals surface area contributed by atoms with Crippen molar-refractivity contribution in [1.29, 1.82) is 0 Å². The summed E-state index contributed by atoms with van der Waals surface area (Å²) in [5, 5.41) is 69.9. The maximum atomic E-state index is 12.9. The number of aromatic hydroxyl groups is 1. The Bertz CT molecular complexity index is 1000. The summed E-state index contributed by atoms with van der Waals surface area (Å²) >= 11 is 6.51. The lowest BCUT2D eigenvalue weighted by Crippen LogP contribution is -2.61. The molecule has 2 aliphatic heterocycles. The molecule has 4 rings (SSSR count). The molecule has 0 amide bonds. The van der Waals surface area contributed by atoms with Crippen LogP contribution in [0.2, 0.25) is 0 Å².